The monoisotopic (exact) mass is 540 g/mol. The quantitative estimate of drug-likeness (QED) is 0.254. The number of carbonyl (C=O) groups excluding carboxylic acids is 1. The summed E-state index contributed by atoms with van der Waals surface area (Å²) in [4.78, 5) is 31.8. The molecule has 0 saturated heterocycles. The van der Waals surface area contributed by atoms with Crippen LogP contribution < -0.4 is 20.5 Å². The number of aromatic nitrogens is 4. The van der Waals surface area contributed by atoms with Crippen molar-refractivity contribution < 1.29 is 28.5 Å². The van der Waals surface area contributed by atoms with Crippen LogP contribution in [0.4, 0.5) is 10.1 Å². The molecule has 12 nitrogen and oxygen atoms in total. The third kappa shape index (κ3) is 5.33. The van der Waals surface area contributed by atoms with Crippen LogP contribution in [0.2, 0.25) is 0 Å². The van der Waals surface area contributed by atoms with E-state index in [1.165, 1.54) is 31.9 Å². The van der Waals surface area contributed by atoms with Crippen molar-refractivity contribution in [3.63, 3.8) is 0 Å². The number of nitriles is 1. The molecule has 0 amide bonds. The number of benzene rings is 2. The first kappa shape index (κ1) is 26.3. The number of nitrogens with zero attached hydrogens (tertiary/aromatic N) is 4. The van der Waals surface area contributed by atoms with E-state index in [-0.39, 0.29) is 46.8 Å². The van der Waals surface area contributed by atoms with Gasteiger partial charge in [-0.2, -0.15) is 9.94 Å². The zero-order valence-corrected chi connectivity index (χ0v) is 20.9. The standard InChI is InChI=1S/C24H21FN6O6S/c1-35-15-9-16(18(25)17(10-15)37-8-7-32)19(28-14-5-3-13(11-26)4-6-14)21-29-24(34)31(30-21)22-20(23(33)36-2)38-12-27-22/h3-6,9-10,12,19,28,32H,7-8H2,1-2H3,(H,29,30,34). The average molecular weight is 541 g/mol. The number of esters is 1. The summed E-state index contributed by atoms with van der Waals surface area (Å²) in [5, 5.41) is 25.7. The molecule has 4 rings (SSSR count). The van der Waals surface area contributed by atoms with Crippen LogP contribution in [0.25, 0.3) is 5.82 Å². The second kappa shape index (κ2) is 11.5. The maximum Gasteiger partial charge on any atom is 0.352 e. The van der Waals surface area contributed by atoms with E-state index in [1.54, 1.807) is 24.3 Å². The summed E-state index contributed by atoms with van der Waals surface area (Å²) in [6.07, 6.45) is 0. The number of anilines is 1. The van der Waals surface area contributed by atoms with Crippen LogP contribution >= 0.6 is 11.3 Å². The molecule has 0 spiro atoms. The molecule has 0 saturated carbocycles. The minimum absolute atomic E-state index is 0.00554. The van der Waals surface area contributed by atoms with Crippen molar-refractivity contribution in [2.45, 2.75) is 6.04 Å². The van der Waals surface area contributed by atoms with Crippen molar-refractivity contribution in [2.24, 2.45) is 0 Å². The predicted molar refractivity (Wildman–Crippen MR) is 133 cm³/mol. The number of aromatic amines is 1. The van der Waals surface area contributed by atoms with E-state index in [0.29, 0.717) is 11.3 Å². The maximum atomic E-state index is 15.7. The van der Waals surface area contributed by atoms with Crippen molar-refractivity contribution in [1.29, 1.82) is 5.26 Å². The molecule has 0 aliphatic carbocycles. The Morgan fingerprint density at radius 2 is 2.08 bits per heavy atom. The van der Waals surface area contributed by atoms with Gasteiger partial charge in [0, 0.05) is 17.3 Å². The fraction of sp³-hybridized carbons (Fsp3) is 0.208. The van der Waals surface area contributed by atoms with Gasteiger partial charge in [0.05, 0.1) is 38.0 Å². The van der Waals surface area contributed by atoms with Crippen LogP contribution in [0.3, 0.4) is 0 Å². The second-order valence-electron chi connectivity index (χ2n) is 7.59. The average Bonchev–Trinajstić information content (AvgIpc) is 3.57. The highest BCUT2D eigenvalue weighted by Crippen LogP contribution is 2.35. The van der Waals surface area contributed by atoms with Gasteiger partial charge in [0.2, 0.25) is 0 Å². The largest absolute Gasteiger partial charge is 0.497 e. The number of aliphatic hydroxyl groups excluding tert-OH is 1. The number of hydrogen-bond donors (Lipinski definition) is 3. The zero-order valence-electron chi connectivity index (χ0n) is 20.1. The summed E-state index contributed by atoms with van der Waals surface area (Å²) < 4.78 is 32.0. The van der Waals surface area contributed by atoms with Gasteiger partial charge < -0.3 is 24.6 Å². The number of nitrogens with one attached hydrogen (secondary N) is 2. The van der Waals surface area contributed by atoms with Crippen LogP contribution in [0.1, 0.15) is 32.7 Å². The van der Waals surface area contributed by atoms with Gasteiger partial charge in [-0.05, 0) is 30.3 Å². The van der Waals surface area contributed by atoms with Crippen LogP contribution in [0, 0.1) is 17.1 Å². The number of methoxy groups -OCH3 is 2. The summed E-state index contributed by atoms with van der Waals surface area (Å²) in [5.74, 6) is -1.50. The summed E-state index contributed by atoms with van der Waals surface area (Å²) in [5.41, 5.74) is 1.52. The Morgan fingerprint density at radius 3 is 2.74 bits per heavy atom. The van der Waals surface area contributed by atoms with Crippen LogP contribution in [0.5, 0.6) is 11.5 Å². The molecule has 14 heteroatoms. The van der Waals surface area contributed by atoms with E-state index in [9.17, 15) is 9.59 Å². The Balaban J connectivity index is 1.86. The molecule has 0 radical (unpaired) electrons. The lowest BCUT2D eigenvalue weighted by atomic mass is 10.0. The molecular formula is C24H21FN6O6S. The molecule has 196 valence electrons. The molecule has 0 aliphatic heterocycles. The summed E-state index contributed by atoms with van der Waals surface area (Å²) >= 11 is 0.968. The predicted octanol–water partition coefficient (Wildman–Crippen LogP) is 2.40. The summed E-state index contributed by atoms with van der Waals surface area (Å²) in [6.45, 7) is -0.504. The smallest absolute Gasteiger partial charge is 0.352 e. The second-order valence-corrected chi connectivity index (χ2v) is 8.45. The van der Waals surface area contributed by atoms with Gasteiger partial charge in [0.25, 0.3) is 0 Å². The first-order chi connectivity index (χ1) is 18.4. The number of H-pyrrole nitrogens is 1. The molecule has 0 bridgehead atoms. The molecule has 1 unspecified atom stereocenters. The topological polar surface area (TPSA) is 164 Å². The third-order valence-electron chi connectivity index (χ3n) is 5.29. The van der Waals surface area contributed by atoms with Crippen LogP contribution in [-0.2, 0) is 4.74 Å². The first-order valence-electron chi connectivity index (χ1n) is 11.0. The highest BCUT2D eigenvalue weighted by molar-refractivity contribution is 7.12. The van der Waals surface area contributed by atoms with Gasteiger partial charge in [-0.1, -0.05) is 0 Å². The molecular weight excluding hydrogens is 519 g/mol. The van der Waals surface area contributed by atoms with Crippen LogP contribution in [-0.4, -0.2) is 58.3 Å². The van der Waals surface area contributed by atoms with Crippen molar-refractivity contribution in [3.05, 3.63) is 80.0 Å². The highest BCUT2D eigenvalue weighted by atomic mass is 32.1. The molecule has 3 N–H and O–H groups in total. The minimum Gasteiger partial charge on any atom is -0.497 e. The van der Waals surface area contributed by atoms with Crippen molar-refractivity contribution in [2.75, 3.05) is 32.8 Å². The number of carbonyl (C=O) groups is 1. The molecule has 2 aromatic heterocycles. The Kier molecular flexibility index (Phi) is 8.00. The Labute approximate surface area is 218 Å². The lowest BCUT2D eigenvalue weighted by molar-refractivity contribution is 0.0606. The number of aliphatic hydroxyl groups is 1. The first-order valence-corrected chi connectivity index (χ1v) is 11.9. The number of rotatable bonds is 10. The Bertz CT molecular complexity index is 1540. The van der Waals surface area contributed by atoms with Gasteiger partial charge in [-0.15, -0.1) is 16.4 Å². The van der Waals surface area contributed by atoms with Crippen molar-refractivity contribution in [1.82, 2.24) is 19.7 Å². The van der Waals surface area contributed by atoms with E-state index < -0.39 is 23.5 Å². The number of hydrogen-bond acceptors (Lipinski definition) is 11. The molecule has 2 heterocycles. The number of halogens is 1. The fourth-order valence-corrected chi connectivity index (χ4v) is 4.20. The zero-order chi connectivity index (χ0) is 27.2. The van der Waals surface area contributed by atoms with Crippen molar-refractivity contribution in [3.8, 4) is 23.4 Å². The van der Waals surface area contributed by atoms with Gasteiger partial charge in [-0.3, -0.25) is 4.98 Å². The van der Waals surface area contributed by atoms with E-state index in [2.05, 4.69) is 20.4 Å². The normalized spacial score (nSPS) is 11.4. The van der Waals surface area contributed by atoms with Gasteiger partial charge in [0.15, 0.2) is 28.1 Å². The van der Waals surface area contributed by atoms with Crippen molar-refractivity contribution >= 4 is 23.0 Å². The Hall–Kier alpha value is -4.74. The summed E-state index contributed by atoms with van der Waals surface area (Å²) in [7, 11) is 2.59. The minimum atomic E-state index is -1.11. The number of ether oxygens (including phenoxy) is 3. The Morgan fingerprint density at radius 1 is 1.32 bits per heavy atom. The van der Waals surface area contributed by atoms with Gasteiger partial charge >= 0.3 is 11.7 Å². The lowest BCUT2D eigenvalue weighted by Gasteiger charge is -2.21. The molecule has 2 aromatic carbocycles. The fourth-order valence-electron chi connectivity index (χ4n) is 3.52. The third-order valence-corrected chi connectivity index (χ3v) is 6.09. The van der Waals surface area contributed by atoms with Gasteiger partial charge in [0.1, 0.15) is 18.4 Å². The van der Waals surface area contributed by atoms with Gasteiger partial charge in [-0.25, -0.2) is 19.0 Å². The number of thiazole rings is 1. The maximum absolute atomic E-state index is 15.7. The molecule has 4 aromatic rings. The lowest BCUT2D eigenvalue weighted by Crippen LogP contribution is -2.18. The van der Waals surface area contributed by atoms with E-state index in [1.807, 2.05) is 6.07 Å². The van der Waals surface area contributed by atoms with Crippen LogP contribution in [0.15, 0.2) is 46.7 Å². The molecule has 0 aliphatic rings. The van der Waals surface area contributed by atoms with E-state index >= 15 is 4.39 Å². The highest BCUT2D eigenvalue weighted by Gasteiger charge is 2.28. The molecule has 38 heavy (non-hydrogen) atoms. The molecule has 1 atom stereocenters. The van der Waals surface area contributed by atoms with E-state index in [0.717, 1.165) is 16.0 Å². The summed E-state index contributed by atoms with van der Waals surface area (Å²) in [6, 6.07) is 9.99. The van der Waals surface area contributed by atoms with E-state index in [4.69, 9.17) is 24.6 Å². The molecule has 0 fully saturated rings. The SMILES string of the molecule is COC(=O)c1scnc1-n1nc(C(Nc2ccc(C#N)cc2)c2cc(OC)cc(OCCO)c2F)[nH]c1=O.